The van der Waals surface area contributed by atoms with E-state index in [0.29, 0.717) is 11.1 Å². The molecule has 0 aliphatic carbocycles. The first-order valence-corrected chi connectivity index (χ1v) is 20.5. The molecule has 8 N–H and O–H groups in total. The van der Waals surface area contributed by atoms with Crippen LogP contribution in [0.1, 0.15) is 139 Å². The Morgan fingerprint density at radius 2 is 0.661 bits per heavy atom. The van der Waals surface area contributed by atoms with Gasteiger partial charge in [0.05, 0.1) is 35.5 Å². The van der Waals surface area contributed by atoms with Gasteiger partial charge in [-0.25, -0.2) is 9.59 Å². The van der Waals surface area contributed by atoms with E-state index in [9.17, 15) is 39.6 Å². The average Bonchev–Trinajstić information content (AvgIpc) is 3.24. The molecule has 0 heterocycles. The lowest BCUT2D eigenvalue weighted by Gasteiger charge is -2.40. The third-order valence-corrected chi connectivity index (χ3v) is 9.34. The van der Waals surface area contributed by atoms with Gasteiger partial charge in [0, 0.05) is 24.2 Å². The Morgan fingerprint density at radius 1 is 0.435 bits per heavy atom. The van der Waals surface area contributed by atoms with Crippen molar-refractivity contribution in [3.63, 3.8) is 0 Å². The van der Waals surface area contributed by atoms with Crippen molar-refractivity contribution >= 4 is 23.9 Å². The zero-order valence-corrected chi connectivity index (χ0v) is 38.3. The summed E-state index contributed by atoms with van der Waals surface area (Å²) < 4.78 is 0. The topological polar surface area (TPSA) is 230 Å². The monoisotopic (exact) mass is 865 g/mol. The summed E-state index contributed by atoms with van der Waals surface area (Å²) in [6.45, 7) is 21.0. The summed E-state index contributed by atoms with van der Waals surface area (Å²) >= 11 is 0. The van der Waals surface area contributed by atoms with Crippen LogP contribution < -0.4 is 0 Å². The van der Waals surface area contributed by atoms with Gasteiger partial charge in [0.15, 0.2) is 0 Å². The van der Waals surface area contributed by atoms with E-state index >= 15 is 0 Å². The molecule has 0 aromatic heterocycles. The minimum absolute atomic E-state index is 0.0509. The number of aliphatic hydroxyl groups excluding tert-OH is 4. The third-order valence-electron chi connectivity index (χ3n) is 9.34. The molecule has 0 fully saturated rings. The predicted molar refractivity (Wildman–Crippen MR) is 244 cm³/mol. The minimum atomic E-state index is -0.879. The lowest BCUT2D eigenvalue weighted by atomic mass is 9.71. The quantitative estimate of drug-likeness (QED) is 0.0704. The van der Waals surface area contributed by atoms with E-state index in [1.807, 2.05) is 123 Å². The molecule has 4 rings (SSSR count). The molecule has 0 saturated heterocycles. The van der Waals surface area contributed by atoms with Crippen molar-refractivity contribution in [1.82, 2.24) is 0 Å². The number of rotatable bonds is 11. The van der Waals surface area contributed by atoms with Crippen molar-refractivity contribution in [2.45, 2.75) is 120 Å². The minimum Gasteiger partial charge on any atom is -0.481 e. The lowest BCUT2D eigenvalue weighted by Crippen LogP contribution is -2.45. The second-order valence-electron chi connectivity index (χ2n) is 17.0. The van der Waals surface area contributed by atoms with E-state index in [4.69, 9.17) is 20.4 Å². The van der Waals surface area contributed by atoms with Crippen LogP contribution in [0.5, 0.6) is 0 Å². The Morgan fingerprint density at radius 3 is 0.823 bits per heavy atom. The maximum Gasteiger partial charge on any atom is 0.335 e. The van der Waals surface area contributed by atoms with Crippen LogP contribution in [0, 0.1) is 22.2 Å². The zero-order valence-electron chi connectivity index (χ0n) is 38.3. The highest BCUT2D eigenvalue weighted by Gasteiger charge is 2.39. The van der Waals surface area contributed by atoms with Gasteiger partial charge in [-0.3, -0.25) is 9.59 Å². The van der Waals surface area contributed by atoms with E-state index in [2.05, 4.69) is 0 Å². The molecule has 12 heteroatoms. The number of aliphatic hydroxyl groups is 4. The Kier molecular flexibility index (Phi) is 28.2. The Bertz CT molecular complexity index is 1670. The van der Waals surface area contributed by atoms with Gasteiger partial charge in [-0.05, 0) is 52.6 Å². The summed E-state index contributed by atoms with van der Waals surface area (Å²) in [5.74, 6) is -3.30. The van der Waals surface area contributed by atoms with Crippen molar-refractivity contribution in [1.29, 1.82) is 0 Å². The van der Waals surface area contributed by atoms with Gasteiger partial charge in [-0.2, -0.15) is 0 Å². The van der Waals surface area contributed by atoms with Crippen molar-refractivity contribution in [2.75, 3.05) is 0 Å². The van der Waals surface area contributed by atoms with Crippen LogP contribution in [0.15, 0.2) is 121 Å². The number of carboxylic acid groups (broad SMARTS) is 4. The zero-order chi connectivity index (χ0) is 48.3. The fourth-order valence-corrected chi connectivity index (χ4v) is 5.34. The SMILES string of the molecule is CC(C)(C(O)c1ccccc1)C(O)c1ccccc1.CCC(=O)O.CCC(=O)O.CCC(C(O)C(C)(C)C)C(O)C(C)(C)C.O=C(O)c1ccccc1.O=C(O)c1ccccc1. The molecule has 0 spiro atoms. The molecule has 4 atom stereocenters. The van der Waals surface area contributed by atoms with Gasteiger partial charge in [0.1, 0.15) is 0 Å². The van der Waals surface area contributed by atoms with E-state index < -0.39 is 53.7 Å². The average molecular weight is 865 g/mol. The summed E-state index contributed by atoms with van der Waals surface area (Å²) in [4.78, 5) is 39.1. The number of carbonyl (C=O) groups is 4. The molecule has 0 bridgehead atoms. The number of hydrogen-bond donors (Lipinski definition) is 8. The molecule has 12 nitrogen and oxygen atoms in total. The first-order valence-electron chi connectivity index (χ1n) is 20.5. The summed E-state index contributed by atoms with van der Waals surface area (Å²) in [6, 6.07) is 35.5. The molecule has 4 unspecified atom stereocenters. The Labute approximate surface area is 368 Å². The van der Waals surface area contributed by atoms with Gasteiger partial charge in [0.25, 0.3) is 0 Å². The van der Waals surface area contributed by atoms with E-state index in [0.717, 1.165) is 17.5 Å². The van der Waals surface area contributed by atoms with Crippen molar-refractivity contribution in [2.24, 2.45) is 22.2 Å². The number of benzene rings is 4. The van der Waals surface area contributed by atoms with E-state index in [1.54, 1.807) is 74.5 Å². The van der Waals surface area contributed by atoms with E-state index in [-0.39, 0.29) is 29.6 Å². The number of aromatic carboxylic acids is 2. The summed E-state index contributed by atoms with van der Waals surface area (Å²) in [7, 11) is 0. The van der Waals surface area contributed by atoms with Crippen molar-refractivity contribution < 1.29 is 60.0 Å². The number of aliphatic carboxylic acids is 2. The molecule has 344 valence electrons. The Hall–Kier alpha value is -5.40. The van der Waals surface area contributed by atoms with Gasteiger partial charge >= 0.3 is 23.9 Å². The highest BCUT2D eigenvalue weighted by atomic mass is 16.4. The molecule has 4 aromatic carbocycles. The highest BCUT2D eigenvalue weighted by molar-refractivity contribution is 5.87. The molecule has 0 radical (unpaired) electrons. The molecule has 0 aliphatic rings. The van der Waals surface area contributed by atoms with Crippen LogP contribution in [-0.4, -0.2) is 76.9 Å². The smallest absolute Gasteiger partial charge is 0.335 e. The van der Waals surface area contributed by atoms with Crippen LogP contribution >= 0.6 is 0 Å². The molecule has 0 amide bonds. The molecule has 4 aromatic rings. The number of hydrogen-bond acceptors (Lipinski definition) is 8. The van der Waals surface area contributed by atoms with Crippen molar-refractivity contribution in [3.05, 3.63) is 144 Å². The van der Waals surface area contributed by atoms with Crippen LogP contribution in [0.2, 0.25) is 0 Å². The van der Waals surface area contributed by atoms with Crippen LogP contribution in [0.4, 0.5) is 0 Å². The fraction of sp³-hybridized carbons (Fsp3) is 0.440. The molecule has 62 heavy (non-hydrogen) atoms. The second kappa shape index (κ2) is 29.8. The standard InChI is InChI=1S/C17H20O2.C13H28O2.2C7H6O2.2C3H6O2/c1-17(2,15(18)13-9-5-3-6-10-13)16(19)14-11-7-4-8-12-14;1-8-9(10(14)12(2,3)4)11(15)13(5,6)7;2*8-7(9)6-4-2-1-3-5-6;2*1-2-3(4)5/h3-12,15-16,18-19H,1-2H3;9-11,14-15H,8H2,1-7H3;2*1-5H,(H,8,9);2*2H2,1H3,(H,4,5). The normalized spacial score (nSPS) is 13.1. The van der Waals surface area contributed by atoms with Crippen LogP contribution in [0.25, 0.3) is 0 Å². The van der Waals surface area contributed by atoms with Crippen LogP contribution in [0.3, 0.4) is 0 Å². The summed E-state index contributed by atoms with van der Waals surface area (Å²) in [6.07, 6.45) is -1.11. The summed E-state index contributed by atoms with van der Waals surface area (Å²) in [5, 5.41) is 73.7. The molecule has 0 aliphatic heterocycles. The van der Waals surface area contributed by atoms with Gasteiger partial charge < -0.3 is 40.9 Å². The fourth-order valence-electron chi connectivity index (χ4n) is 5.34. The molecular formula is C50H72O12. The predicted octanol–water partition coefficient (Wildman–Crippen LogP) is 10.0. The van der Waals surface area contributed by atoms with Crippen LogP contribution in [-0.2, 0) is 9.59 Å². The van der Waals surface area contributed by atoms with Gasteiger partial charge in [0.2, 0.25) is 0 Å². The van der Waals surface area contributed by atoms with E-state index in [1.165, 1.54) is 0 Å². The summed E-state index contributed by atoms with van der Waals surface area (Å²) in [5.41, 5.74) is 1.29. The van der Waals surface area contributed by atoms with Crippen molar-refractivity contribution in [3.8, 4) is 0 Å². The Balaban J connectivity index is 0. The maximum atomic E-state index is 10.5. The highest BCUT2D eigenvalue weighted by Crippen LogP contribution is 2.43. The largest absolute Gasteiger partial charge is 0.481 e. The third kappa shape index (κ3) is 24.1. The van der Waals surface area contributed by atoms with Gasteiger partial charge in [-0.15, -0.1) is 0 Å². The lowest BCUT2D eigenvalue weighted by molar-refractivity contribution is -0.137. The molecule has 0 saturated carbocycles. The maximum absolute atomic E-state index is 10.5. The first kappa shape index (κ1) is 58.7. The van der Waals surface area contributed by atoms with Gasteiger partial charge in [-0.1, -0.05) is 173 Å². The number of carboxylic acids is 4. The second-order valence-corrected chi connectivity index (χ2v) is 17.0. The first-order chi connectivity index (χ1) is 28.7. The molecular weight excluding hydrogens is 793 g/mol.